The Hall–Kier alpha value is -1.57. The highest BCUT2D eigenvalue weighted by Gasteiger charge is 2.00. The fraction of sp³-hybridized carbons (Fsp3) is 0.471. The van der Waals surface area contributed by atoms with Gasteiger partial charge in [0.1, 0.15) is 0 Å². The molecule has 0 aromatic heterocycles. The molecule has 0 atom stereocenters. The van der Waals surface area contributed by atoms with Crippen molar-refractivity contribution in [3.8, 4) is 0 Å². The van der Waals surface area contributed by atoms with Crippen LogP contribution in [-0.4, -0.2) is 17.8 Å². The highest BCUT2D eigenvalue weighted by atomic mass is 15.1. The summed E-state index contributed by atoms with van der Waals surface area (Å²) in [6, 6.07) is 6.84. The van der Waals surface area contributed by atoms with Gasteiger partial charge in [0.05, 0.1) is 12.4 Å². The van der Waals surface area contributed by atoms with Crippen LogP contribution in [0, 0.1) is 0 Å². The number of nitrogens with zero attached hydrogens (tertiary/aromatic N) is 2. The van der Waals surface area contributed by atoms with E-state index in [0.717, 1.165) is 25.2 Å². The number of hydrogen-bond acceptors (Lipinski definition) is 1. The summed E-state index contributed by atoms with van der Waals surface area (Å²) in [4.78, 5) is 6.70. The maximum atomic E-state index is 4.66. The van der Waals surface area contributed by atoms with E-state index in [9.17, 15) is 0 Å². The molecule has 19 heavy (non-hydrogen) atoms. The molecule has 0 aliphatic heterocycles. The Kier molecular flexibility index (Phi) is 6.34. The van der Waals surface area contributed by atoms with E-state index < -0.39 is 0 Å². The predicted molar refractivity (Wildman–Crippen MR) is 84.6 cm³/mol. The van der Waals surface area contributed by atoms with Gasteiger partial charge in [-0.05, 0) is 43.4 Å². The largest absolute Gasteiger partial charge is 0.340 e. The average molecular weight is 258 g/mol. The number of benzene rings is 1. The van der Waals surface area contributed by atoms with Crippen LogP contribution in [0.15, 0.2) is 35.5 Å². The highest BCUT2D eigenvalue weighted by molar-refractivity contribution is 5.80. The lowest BCUT2D eigenvalue weighted by atomic mass is 10.0. The van der Waals surface area contributed by atoms with E-state index in [1.807, 2.05) is 38.1 Å². The topological polar surface area (TPSA) is 15.6 Å². The van der Waals surface area contributed by atoms with E-state index >= 15 is 0 Å². The molecule has 0 unspecified atom stereocenters. The number of allylic oxidation sites excluding steroid dienone is 1. The second-order valence-electron chi connectivity index (χ2n) is 4.82. The van der Waals surface area contributed by atoms with Gasteiger partial charge in [0.15, 0.2) is 0 Å². The Bertz CT molecular complexity index is 436. The molecule has 0 heterocycles. The molecule has 1 aromatic rings. The number of rotatable bonds is 5. The zero-order valence-corrected chi connectivity index (χ0v) is 12.9. The average Bonchev–Trinajstić information content (AvgIpc) is 2.44. The summed E-state index contributed by atoms with van der Waals surface area (Å²) in [7, 11) is 2.03. The molecule has 0 saturated heterocycles. The van der Waals surface area contributed by atoms with Crippen molar-refractivity contribution in [3.63, 3.8) is 0 Å². The van der Waals surface area contributed by atoms with Crippen LogP contribution in [0.2, 0.25) is 0 Å². The lowest BCUT2D eigenvalue weighted by Crippen LogP contribution is -2.17. The minimum atomic E-state index is 0.758. The van der Waals surface area contributed by atoms with Crippen molar-refractivity contribution in [1.82, 2.24) is 4.90 Å². The maximum Gasteiger partial charge on any atom is 0.0998 e. The van der Waals surface area contributed by atoms with Crippen LogP contribution in [0.5, 0.6) is 0 Å². The van der Waals surface area contributed by atoms with Crippen molar-refractivity contribution in [2.45, 2.75) is 47.1 Å². The Balaban J connectivity index is 2.84. The van der Waals surface area contributed by atoms with Gasteiger partial charge in [-0.3, -0.25) is 4.99 Å². The molecular weight excluding hydrogens is 232 g/mol. The first-order valence-corrected chi connectivity index (χ1v) is 7.09. The smallest absolute Gasteiger partial charge is 0.0998 e. The molecule has 0 fully saturated rings. The molecule has 1 rings (SSSR count). The summed E-state index contributed by atoms with van der Waals surface area (Å²) < 4.78 is 0. The van der Waals surface area contributed by atoms with Gasteiger partial charge >= 0.3 is 0 Å². The van der Waals surface area contributed by atoms with Crippen LogP contribution >= 0.6 is 0 Å². The molecule has 2 nitrogen and oxygen atoms in total. The zero-order valence-electron chi connectivity index (χ0n) is 12.9. The monoisotopic (exact) mass is 258 g/mol. The summed E-state index contributed by atoms with van der Waals surface area (Å²) in [5, 5.41) is 0. The minimum absolute atomic E-state index is 0.758. The molecule has 0 aliphatic rings. The third-order valence-corrected chi connectivity index (χ3v) is 3.30. The van der Waals surface area contributed by atoms with Gasteiger partial charge in [0.2, 0.25) is 0 Å². The molecule has 0 bridgehead atoms. The zero-order chi connectivity index (χ0) is 14.3. The number of aryl methyl sites for hydroxylation is 2. The van der Waals surface area contributed by atoms with Crippen molar-refractivity contribution < 1.29 is 0 Å². The third kappa shape index (κ3) is 4.90. The van der Waals surface area contributed by atoms with Crippen molar-refractivity contribution in [3.05, 3.63) is 47.2 Å². The molecule has 1 aromatic carbocycles. The first-order chi connectivity index (χ1) is 9.10. The molecular formula is C17H26N2. The Morgan fingerprint density at radius 2 is 1.63 bits per heavy atom. The van der Waals surface area contributed by atoms with E-state index in [1.165, 1.54) is 16.7 Å². The lowest BCUT2D eigenvalue weighted by molar-refractivity contribution is 0.674. The molecule has 2 heteroatoms. The Morgan fingerprint density at radius 1 is 1.11 bits per heavy atom. The molecule has 104 valence electrons. The van der Waals surface area contributed by atoms with E-state index in [4.69, 9.17) is 0 Å². The molecule has 0 amide bonds. The molecule has 0 N–H and O–H groups in total. The van der Waals surface area contributed by atoms with Gasteiger partial charge in [-0.25, -0.2) is 0 Å². The first-order valence-electron chi connectivity index (χ1n) is 7.09. The molecule has 0 spiro atoms. The van der Waals surface area contributed by atoms with Crippen LogP contribution in [0.1, 0.15) is 44.4 Å². The van der Waals surface area contributed by atoms with Crippen molar-refractivity contribution in [2.24, 2.45) is 4.99 Å². The molecule has 0 aliphatic carbocycles. The quantitative estimate of drug-likeness (QED) is 0.571. The Morgan fingerprint density at radius 3 is 2.11 bits per heavy atom. The van der Waals surface area contributed by atoms with Gasteiger partial charge in [-0.1, -0.05) is 38.1 Å². The fourth-order valence-electron chi connectivity index (χ4n) is 1.99. The van der Waals surface area contributed by atoms with Gasteiger partial charge in [0.25, 0.3) is 0 Å². The standard InChI is InChI=1S/C17H26N2/c1-6-9-19(5)14(4)18-13-17-11-15(7-2)10-16(8-3)12-17/h6,9-12H,7-8,13H2,1-5H3/b9-6-,18-14?. The van der Waals surface area contributed by atoms with E-state index in [-0.39, 0.29) is 0 Å². The van der Waals surface area contributed by atoms with E-state index in [1.54, 1.807) is 0 Å². The second-order valence-corrected chi connectivity index (χ2v) is 4.82. The summed E-state index contributed by atoms with van der Waals surface area (Å²) in [6.07, 6.45) is 6.22. The number of aliphatic imine (C=N–C) groups is 1. The van der Waals surface area contributed by atoms with Crippen molar-refractivity contribution in [1.29, 1.82) is 0 Å². The van der Waals surface area contributed by atoms with Crippen LogP contribution in [0.3, 0.4) is 0 Å². The Labute approximate surface area is 117 Å². The van der Waals surface area contributed by atoms with Crippen LogP contribution in [0.25, 0.3) is 0 Å². The number of hydrogen-bond donors (Lipinski definition) is 0. The predicted octanol–water partition coefficient (Wildman–Crippen LogP) is 4.20. The van der Waals surface area contributed by atoms with E-state index in [2.05, 4.69) is 37.0 Å². The molecule has 0 saturated carbocycles. The molecule has 0 radical (unpaired) electrons. The van der Waals surface area contributed by atoms with Gasteiger partial charge in [0, 0.05) is 13.2 Å². The summed E-state index contributed by atoms with van der Waals surface area (Å²) in [5.41, 5.74) is 4.12. The summed E-state index contributed by atoms with van der Waals surface area (Å²) >= 11 is 0. The third-order valence-electron chi connectivity index (χ3n) is 3.30. The van der Waals surface area contributed by atoms with Gasteiger partial charge in [-0.2, -0.15) is 0 Å². The maximum absolute atomic E-state index is 4.66. The van der Waals surface area contributed by atoms with Crippen LogP contribution in [-0.2, 0) is 19.4 Å². The fourth-order valence-corrected chi connectivity index (χ4v) is 1.99. The second kappa shape index (κ2) is 7.78. The van der Waals surface area contributed by atoms with Crippen molar-refractivity contribution >= 4 is 5.84 Å². The van der Waals surface area contributed by atoms with Gasteiger partial charge < -0.3 is 4.90 Å². The van der Waals surface area contributed by atoms with Crippen molar-refractivity contribution in [2.75, 3.05) is 7.05 Å². The first kappa shape index (κ1) is 15.5. The van der Waals surface area contributed by atoms with E-state index in [0.29, 0.717) is 0 Å². The SMILES string of the molecule is C/C=C\N(C)C(C)=NCc1cc(CC)cc(CC)c1. The van der Waals surface area contributed by atoms with Crippen LogP contribution in [0.4, 0.5) is 0 Å². The summed E-state index contributed by atoms with van der Waals surface area (Å²) in [6.45, 7) is 9.22. The van der Waals surface area contributed by atoms with Crippen LogP contribution < -0.4 is 0 Å². The highest BCUT2D eigenvalue weighted by Crippen LogP contribution is 2.13. The normalized spacial score (nSPS) is 12.2. The lowest BCUT2D eigenvalue weighted by Gasteiger charge is -2.13. The summed E-state index contributed by atoms with van der Waals surface area (Å²) in [5.74, 6) is 1.04. The van der Waals surface area contributed by atoms with Gasteiger partial charge in [-0.15, -0.1) is 0 Å². The minimum Gasteiger partial charge on any atom is -0.340 e. The number of amidine groups is 1.